The molecule has 1 aliphatic carbocycles. The minimum Gasteiger partial charge on any atom is -0.495 e. The van der Waals surface area contributed by atoms with Gasteiger partial charge in [-0.3, -0.25) is 9.59 Å². The second-order valence-electron chi connectivity index (χ2n) is 5.75. The fraction of sp³-hybridized carbons (Fsp3) is 0.529. The zero-order chi connectivity index (χ0) is 15.9. The molecule has 0 heterocycles. The first-order valence-corrected chi connectivity index (χ1v) is 7.86. The summed E-state index contributed by atoms with van der Waals surface area (Å²) in [6.45, 7) is 1.70. The van der Waals surface area contributed by atoms with Crippen molar-refractivity contribution in [3.63, 3.8) is 0 Å². The van der Waals surface area contributed by atoms with Gasteiger partial charge < -0.3 is 15.4 Å². The van der Waals surface area contributed by atoms with E-state index in [1.165, 1.54) is 6.42 Å². The third kappa shape index (κ3) is 4.23. The van der Waals surface area contributed by atoms with Crippen LogP contribution < -0.4 is 15.4 Å². The van der Waals surface area contributed by atoms with Gasteiger partial charge in [-0.2, -0.15) is 0 Å². The molecular weight excluding hydrogens is 280 g/mol. The predicted octanol–water partition coefficient (Wildman–Crippen LogP) is 2.72. The first-order valence-electron chi connectivity index (χ1n) is 7.86. The van der Waals surface area contributed by atoms with Crippen molar-refractivity contribution in [2.45, 2.75) is 45.1 Å². The Labute approximate surface area is 131 Å². The number of ether oxygens (including phenoxy) is 1. The van der Waals surface area contributed by atoms with Crippen molar-refractivity contribution >= 4 is 17.5 Å². The van der Waals surface area contributed by atoms with Gasteiger partial charge in [0.05, 0.1) is 12.8 Å². The Hall–Kier alpha value is -2.04. The Morgan fingerprint density at radius 2 is 1.86 bits per heavy atom. The quantitative estimate of drug-likeness (QED) is 0.879. The van der Waals surface area contributed by atoms with Gasteiger partial charge in [0.25, 0.3) is 0 Å². The summed E-state index contributed by atoms with van der Waals surface area (Å²) in [6.07, 6.45) is 5.24. The molecular formula is C17H24N2O3. The van der Waals surface area contributed by atoms with Crippen LogP contribution in [0.25, 0.3) is 0 Å². The van der Waals surface area contributed by atoms with Gasteiger partial charge in [0, 0.05) is 5.92 Å². The molecule has 0 aromatic heterocycles. The maximum atomic E-state index is 12.2. The minimum atomic E-state index is -0.570. The molecule has 2 N–H and O–H groups in total. The van der Waals surface area contributed by atoms with E-state index >= 15 is 0 Å². The highest BCUT2D eigenvalue weighted by atomic mass is 16.5. The van der Waals surface area contributed by atoms with E-state index in [0.29, 0.717) is 11.4 Å². The highest BCUT2D eigenvalue weighted by molar-refractivity contribution is 5.98. The van der Waals surface area contributed by atoms with E-state index in [0.717, 1.165) is 25.7 Å². The number of amides is 2. The number of hydrogen-bond donors (Lipinski definition) is 2. The van der Waals surface area contributed by atoms with Crippen LogP contribution in [-0.2, 0) is 9.59 Å². The molecule has 2 rings (SSSR count). The molecule has 0 aliphatic heterocycles. The van der Waals surface area contributed by atoms with Crippen molar-refractivity contribution in [2.75, 3.05) is 12.4 Å². The van der Waals surface area contributed by atoms with Crippen LogP contribution in [0, 0.1) is 5.92 Å². The summed E-state index contributed by atoms with van der Waals surface area (Å²) in [4.78, 5) is 24.4. The van der Waals surface area contributed by atoms with E-state index in [-0.39, 0.29) is 17.7 Å². The molecule has 0 radical (unpaired) electrons. The van der Waals surface area contributed by atoms with Crippen LogP contribution in [0.15, 0.2) is 24.3 Å². The smallest absolute Gasteiger partial charge is 0.246 e. The second-order valence-corrected chi connectivity index (χ2v) is 5.75. The lowest BCUT2D eigenvalue weighted by molar-refractivity contribution is -0.129. The van der Waals surface area contributed by atoms with Gasteiger partial charge in [-0.25, -0.2) is 0 Å². The van der Waals surface area contributed by atoms with E-state index in [2.05, 4.69) is 10.6 Å². The van der Waals surface area contributed by atoms with E-state index in [1.54, 1.807) is 26.2 Å². The average molecular weight is 304 g/mol. The van der Waals surface area contributed by atoms with E-state index in [4.69, 9.17) is 4.74 Å². The maximum absolute atomic E-state index is 12.2. The Morgan fingerprint density at radius 1 is 1.18 bits per heavy atom. The lowest BCUT2D eigenvalue weighted by Crippen LogP contribution is -2.44. The molecule has 1 aliphatic rings. The molecule has 1 atom stereocenters. The lowest BCUT2D eigenvalue weighted by Gasteiger charge is -2.23. The van der Waals surface area contributed by atoms with Gasteiger partial charge in [-0.05, 0) is 31.9 Å². The molecule has 0 saturated heterocycles. The number of anilines is 1. The number of carbonyl (C=O) groups excluding carboxylic acids is 2. The zero-order valence-electron chi connectivity index (χ0n) is 13.2. The highest BCUT2D eigenvalue weighted by Gasteiger charge is 2.24. The number of rotatable bonds is 5. The third-order valence-corrected chi connectivity index (χ3v) is 4.09. The van der Waals surface area contributed by atoms with Crippen molar-refractivity contribution in [1.82, 2.24) is 5.32 Å². The van der Waals surface area contributed by atoms with Crippen molar-refractivity contribution in [3.8, 4) is 5.75 Å². The molecule has 1 aromatic rings. The van der Waals surface area contributed by atoms with Crippen LogP contribution in [0.5, 0.6) is 5.75 Å². The molecule has 0 spiro atoms. The standard InChI is InChI=1S/C17H24N2O3/c1-12(18-17(21)13-8-4-3-5-9-13)16(20)19-14-10-6-7-11-15(14)22-2/h6-7,10-13H,3-5,8-9H2,1-2H3,(H,18,21)(H,19,20). The van der Waals surface area contributed by atoms with Gasteiger partial charge in [0.2, 0.25) is 11.8 Å². The molecule has 2 amide bonds. The Bertz CT molecular complexity index is 524. The van der Waals surface area contributed by atoms with Gasteiger partial charge in [-0.1, -0.05) is 31.4 Å². The van der Waals surface area contributed by atoms with Crippen molar-refractivity contribution in [1.29, 1.82) is 0 Å². The molecule has 1 saturated carbocycles. The number of hydrogen-bond acceptors (Lipinski definition) is 3. The summed E-state index contributed by atoms with van der Waals surface area (Å²) in [5, 5.41) is 5.61. The number of carbonyl (C=O) groups is 2. The van der Waals surface area contributed by atoms with Crippen molar-refractivity contribution in [2.24, 2.45) is 5.92 Å². The summed E-state index contributed by atoms with van der Waals surface area (Å²) in [6, 6.07) is 6.64. The normalized spacial score (nSPS) is 16.6. The van der Waals surface area contributed by atoms with Gasteiger partial charge in [0.1, 0.15) is 11.8 Å². The number of nitrogens with one attached hydrogen (secondary N) is 2. The van der Waals surface area contributed by atoms with Crippen LogP contribution >= 0.6 is 0 Å². The monoisotopic (exact) mass is 304 g/mol. The largest absolute Gasteiger partial charge is 0.495 e. The van der Waals surface area contributed by atoms with Crippen LogP contribution in [0.3, 0.4) is 0 Å². The fourth-order valence-corrected chi connectivity index (χ4v) is 2.75. The maximum Gasteiger partial charge on any atom is 0.246 e. The second kappa shape index (κ2) is 7.82. The van der Waals surface area contributed by atoms with Crippen LogP contribution in [0.4, 0.5) is 5.69 Å². The Kier molecular flexibility index (Phi) is 5.81. The van der Waals surface area contributed by atoms with E-state index < -0.39 is 6.04 Å². The molecule has 1 unspecified atom stereocenters. The SMILES string of the molecule is COc1ccccc1NC(=O)C(C)NC(=O)C1CCCCC1. The number of para-hydroxylation sites is 2. The molecule has 1 aromatic carbocycles. The molecule has 1 fully saturated rings. The van der Waals surface area contributed by atoms with E-state index in [1.807, 2.05) is 12.1 Å². The topological polar surface area (TPSA) is 67.4 Å². The zero-order valence-corrected chi connectivity index (χ0v) is 13.2. The number of benzene rings is 1. The van der Waals surface area contributed by atoms with Crippen molar-refractivity contribution < 1.29 is 14.3 Å². The highest BCUT2D eigenvalue weighted by Crippen LogP contribution is 2.24. The summed E-state index contributed by atoms with van der Waals surface area (Å²) in [7, 11) is 1.55. The fourth-order valence-electron chi connectivity index (χ4n) is 2.75. The summed E-state index contributed by atoms with van der Waals surface area (Å²) in [5.41, 5.74) is 0.605. The van der Waals surface area contributed by atoms with E-state index in [9.17, 15) is 9.59 Å². The van der Waals surface area contributed by atoms with Gasteiger partial charge >= 0.3 is 0 Å². The number of methoxy groups -OCH3 is 1. The Morgan fingerprint density at radius 3 is 2.55 bits per heavy atom. The summed E-state index contributed by atoms with van der Waals surface area (Å²) in [5.74, 6) is 0.396. The first-order chi connectivity index (χ1) is 10.6. The van der Waals surface area contributed by atoms with Crippen LogP contribution in [-0.4, -0.2) is 25.0 Å². The third-order valence-electron chi connectivity index (χ3n) is 4.09. The summed E-state index contributed by atoms with van der Waals surface area (Å²) >= 11 is 0. The Balaban J connectivity index is 1.90. The molecule has 120 valence electrons. The molecule has 5 nitrogen and oxygen atoms in total. The molecule has 5 heteroatoms. The van der Waals surface area contributed by atoms with Gasteiger partial charge in [-0.15, -0.1) is 0 Å². The van der Waals surface area contributed by atoms with Crippen LogP contribution in [0.2, 0.25) is 0 Å². The molecule has 0 bridgehead atoms. The minimum absolute atomic E-state index is 0.0117. The van der Waals surface area contributed by atoms with Crippen molar-refractivity contribution in [3.05, 3.63) is 24.3 Å². The van der Waals surface area contributed by atoms with Crippen LogP contribution in [0.1, 0.15) is 39.0 Å². The van der Waals surface area contributed by atoms with Gasteiger partial charge in [0.15, 0.2) is 0 Å². The molecule has 22 heavy (non-hydrogen) atoms. The lowest BCUT2D eigenvalue weighted by atomic mass is 9.88. The average Bonchev–Trinajstić information content (AvgIpc) is 2.56. The summed E-state index contributed by atoms with van der Waals surface area (Å²) < 4.78 is 5.20. The first kappa shape index (κ1) is 16.3. The predicted molar refractivity (Wildman–Crippen MR) is 85.8 cm³/mol.